The number of hydrogen-bond donors (Lipinski definition) is 2. The van der Waals surface area contributed by atoms with Crippen molar-refractivity contribution in [2.24, 2.45) is 0 Å². The van der Waals surface area contributed by atoms with Crippen LogP contribution in [0.25, 0.3) is 0 Å². The maximum atomic E-state index is 12.3. The first-order chi connectivity index (χ1) is 8.63. The van der Waals surface area contributed by atoms with Gasteiger partial charge in [-0.25, -0.2) is 18.1 Å². The van der Waals surface area contributed by atoms with E-state index in [1.54, 1.807) is 12.1 Å². The quantitative estimate of drug-likeness (QED) is 0.854. The Kier molecular flexibility index (Phi) is 4.19. The van der Waals surface area contributed by atoms with Gasteiger partial charge in [0.1, 0.15) is 0 Å². The van der Waals surface area contributed by atoms with Crippen molar-refractivity contribution in [2.75, 3.05) is 11.9 Å². The molecule has 0 aliphatic heterocycles. The van der Waals surface area contributed by atoms with Gasteiger partial charge in [0.05, 0.1) is 5.69 Å². The molecule has 0 bridgehead atoms. The number of sulfonamides is 1. The van der Waals surface area contributed by atoms with E-state index < -0.39 is 10.0 Å². The number of pyridine rings is 1. The van der Waals surface area contributed by atoms with E-state index in [-0.39, 0.29) is 11.1 Å². The molecule has 100 valence electrons. The van der Waals surface area contributed by atoms with Gasteiger partial charge >= 0.3 is 0 Å². The van der Waals surface area contributed by atoms with Crippen LogP contribution in [0.15, 0.2) is 23.4 Å². The largest absolute Gasteiger partial charge is 0.383 e. The molecule has 1 aliphatic rings. The van der Waals surface area contributed by atoms with E-state index in [0.29, 0.717) is 12.2 Å². The van der Waals surface area contributed by atoms with Crippen molar-refractivity contribution >= 4 is 15.7 Å². The van der Waals surface area contributed by atoms with Crippen molar-refractivity contribution in [3.05, 3.63) is 18.3 Å². The number of nitrogens with zero attached hydrogens (tertiary/aromatic N) is 1. The fraction of sp³-hybridized carbons (Fsp3) is 0.583. The minimum absolute atomic E-state index is 0.0616. The van der Waals surface area contributed by atoms with Crippen LogP contribution >= 0.6 is 0 Å². The molecule has 2 rings (SSSR count). The zero-order chi connectivity index (χ0) is 13.0. The number of aromatic nitrogens is 1. The van der Waals surface area contributed by atoms with Crippen LogP contribution in [0.3, 0.4) is 0 Å². The first-order valence-corrected chi connectivity index (χ1v) is 7.83. The molecular weight excluding hydrogens is 250 g/mol. The van der Waals surface area contributed by atoms with E-state index >= 15 is 0 Å². The summed E-state index contributed by atoms with van der Waals surface area (Å²) < 4.78 is 27.3. The first-order valence-electron chi connectivity index (χ1n) is 6.34. The molecule has 0 saturated heterocycles. The lowest BCUT2D eigenvalue weighted by Gasteiger charge is -2.14. The summed E-state index contributed by atoms with van der Waals surface area (Å²) in [5.74, 6) is 0. The van der Waals surface area contributed by atoms with Crippen molar-refractivity contribution in [1.29, 1.82) is 0 Å². The third-order valence-corrected chi connectivity index (χ3v) is 4.55. The number of nitrogens with one attached hydrogen (secondary N) is 2. The summed E-state index contributed by atoms with van der Waals surface area (Å²) in [6, 6.07) is 3.53. The lowest BCUT2D eigenvalue weighted by Crippen LogP contribution is -2.33. The van der Waals surface area contributed by atoms with E-state index in [1.165, 1.54) is 6.20 Å². The predicted octanol–water partition coefficient (Wildman–Crippen LogP) is 1.73. The van der Waals surface area contributed by atoms with Crippen LogP contribution in [0.4, 0.5) is 5.69 Å². The summed E-state index contributed by atoms with van der Waals surface area (Å²) in [6.07, 6.45) is 5.53. The zero-order valence-electron chi connectivity index (χ0n) is 10.5. The third-order valence-electron chi connectivity index (χ3n) is 3.07. The van der Waals surface area contributed by atoms with E-state index in [1.807, 2.05) is 6.92 Å². The average molecular weight is 269 g/mol. The van der Waals surface area contributed by atoms with E-state index in [9.17, 15) is 8.42 Å². The van der Waals surface area contributed by atoms with Crippen LogP contribution in [-0.4, -0.2) is 26.0 Å². The van der Waals surface area contributed by atoms with Crippen molar-refractivity contribution in [2.45, 2.75) is 43.7 Å². The predicted molar refractivity (Wildman–Crippen MR) is 71.0 cm³/mol. The summed E-state index contributed by atoms with van der Waals surface area (Å²) in [7, 11) is -3.52. The molecule has 0 spiro atoms. The monoisotopic (exact) mass is 269 g/mol. The molecule has 0 unspecified atom stereocenters. The van der Waals surface area contributed by atoms with Gasteiger partial charge in [-0.3, -0.25) is 0 Å². The molecule has 0 atom stereocenters. The Bertz CT molecular complexity index is 496. The Morgan fingerprint density at radius 1 is 1.39 bits per heavy atom. The Morgan fingerprint density at radius 3 is 2.78 bits per heavy atom. The van der Waals surface area contributed by atoms with E-state index in [2.05, 4.69) is 15.0 Å². The molecule has 1 fully saturated rings. The van der Waals surface area contributed by atoms with Crippen molar-refractivity contribution in [3.63, 3.8) is 0 Å². The van der Waals surface area contributed by atoms with Gasteiger partial charge < -0.3 is 5.32 Å². The molecule has 5 nitrogen and oxygen atoms in total. The second-order valence-corrected chi connectivity index (χ2v) is 6.12. The van der Waals surface area contributed by atoms with Gasteiger partial charge in [-0.05, 0) is 31.9 Å². The van der Waals surface area contributed by atoms with Crippen molar-refractivity contribution in [1.82, 2.24) is 9.71 Å². The number of hydrogen-bond acceptors (Lipinski definition) is 4. The second kappa shape index (κ2) is 5.67. The smallest absolute Gasteiger partial charge is 0.260 e. The van der Waals surface area contributed by atoms with Gasteiger partial charge in [0, 0.05) is 18.8 Å². The van der Waals surface area contributed by atoms with Gasteiger partial charge in [-0.2, -0.15) is 0 Å². The summed E-state index contributed by atoms with van der Waals surface area (Å²) >= 11 is 0. The Morgan fingerprint density at radius 2 is 2.11 bits per heavy atom. The highest BCUT2D eigenvalue weighted by molar-refractivity contribution is 7.89. The molecule has 0 radical (unpaired) electrons. The van der Waals surface area contributed by atoms with Gasteiger partial charge in [-0.1, -0.05) is 12.8 Å². The Balaban J connectivity index is 2.22. The first kappa shape index (κ1) is 13.3. The Labute approximate surface area is 108 Å². The van der Waals surface area contributed by atoms with Crippen LogP contribution in [0, 0.1) is 0 Å². The van der Waals surface area contributed by atoms with Crippen molar-refractivity contribution in [3.8, 4) is 0 Å². The summed E-state index contributed by atoms with van der Waals surface area (Å²) in [5, 5.41) is 3.12. The number of anilines is 1. The highest BCUT2D eigenvalue weighted by Crippen LogP contribution is 2.22. The normalized spacial score (nSPS) is 16.9. The number of rotatable bonds is 5. The molecular formula is C12H19N3O2S. The molecule has 18 heavy (non-hydrogen) atoms. The zero-order valence-corrected chi connectivity index (χ0v) is 11.3. The van der Waals surface area contributed by atoms with Crippen LogP contribution < -0.4 is 10.0 Å². The molecule has 6 heteroatoms. The average Bonchev–Trinajstić information content (AvgIpc) is 2.82. The van der Waals surface area contributed by atoms with Gasteiger partial charge in [0.15, 0.2) is 5.03 Å². The molecule has 1 saturated carbocycles. The maximum absolute atomic E-state index is 12.3. The lowest BCUT2D eigenvalue weighted by molar-refractivity contribution is 0.549. The second-order valence-electron chi connectivity index (χ2n) is 4.49. The summed E-state index contributed by atoms with van der Waals surface area (Å²) in [5.41, 5.74) is 0.561. The molecule has 2 N–H and O–H groups in total. The third kappa shape index (κ3) is 3.00. The molecule has 1 heterocycles. The van der Waals surface area contributed by atoms with Crippen LogP contribution in [-0.2, 0) is 10.0 Å². The molecule has 1 aromatic rings. The van der Waals surface area contributed by atoms with Gasteiger partial charge in [0.25, 0.3) is 10.0 Å². The molecule has 0 aromatic carbocycles. The summed E-state index contributed by atoms with van der Waals surface area (Å²) in [4.78, 5) is 4.00. The maximum Gasteiger partial charge on any atom is 0.260 e. The molecule has 1 aliphatic carbocycles. The topological polar surface area (TPSA) is 71.1 Å². The van der Waals surface area contributed by atoms with E-state index in [4.69, 9.17) is 0 Å². The highest BCUT2D eigenvalue weighted by atomic mass is 32.2. The minimum atomic E-state index is -3.52. The summed E-state index contributed by atoms with van der Waals surface area (Å²) in [6.45, 7) is 2.59. The fourth-order valence-corrected chi connectivity index (χ4v) is 3.66. The molecule has 1 aromatic heterocycles. The van der Waals surface area contributed by atoms with Crippen LogP contribution in [0.2, 0.25) is 0 Å². The van der Waals surface area contributed by atoms with Gasteiger partial charge in [-0.15, -0.1) is 0 Å². The van der Waals surface area contributed by atoms with Crippen LogP contribution in [0.1, 0.15) is 32.6 Å². The van der Waals surface area contributed by atoms with Gasteiger partial charge in [0.2, 0.25) is 0 Å². The van der Waals surface area contributed by atoms with Crippen molar-refractivity contribution < 1.29 is 8.42 Å². The van der Waals surface area contributed by atoms with E-state index in [0.717, 1.165) is 25.7 Å². The minimum Gasteiger partial charge on any atom is -0.383 e. The highest BCUT2D eigenvalue weighted by Gasteiger charge is 2.25. The lowest BCUT2D eigenvalue weighted by atomic mass is 10.3. The molecule has 0 amide bonds. The Hall–Kier alpha value is -1.14. The fourth-order valence-electron chi connectivity index (χ4n) is 2.25. The standard InChI is InChI=1S/C12H19N3O2S/c1-2-13-11-8-5-9-14-12(11)18(16,17)15-10-6-3-4-7-10/h5,8-10,13,15H,2-4,6-7H2,1H3. The van der Waals surface area contributed by atoms with Crippen LogP contribution in [0.5, 0.6) is 0 Å². The SMILES string of the molecule is CCNc1cccnc1S(=O)(=O)NC1CCCC1.